The van der Waals surface area contributed by atoms with Gasteiger partial charge in [-0.25, -0.2) is 4.39 Å². The molecule has 0 aliphatic carbocycles. The molecular weight excluding hydrogens is 281 g/mol. The third kappa shape index (κ3) is 3.19. The monoisotopic (exact) mass is 291 g/mol. The summed E-state index contributed by atoms with van der Waals surface area (Å²) in [6.07, 6.45) is 0. The van der Waals surface area contributed by atoms with Gasteiger partial charge in [-0.15, -0.1) is 0 Å². The molecule has 0 atom stereocenters. The van der Waals surface area contributed by atoms with E-state index in [0.29, 0.717) is 17.1 Å². The summed E-state index contributed by atoms with van der Waals surface area (Å²) >= 11 is 5.67. The van der Waals surface area contributed by atoms with Crippen molar-refractivity contribution in [2.24, 2.45) is 0 Å². The summed E-state index contributed by atoms with van der Waals surface area (Å²) in [5.41, 5.74) is 1.24. The molecule has 0 spiro atoms. The zero-order valence-corrected chi connectivity index (χ0v) is 11.4. The summed E-state index contributed by atoms with van der Waals surface area (Å²) in [6, 6.07) is 11.4. The van der Waals surface area contributed by atoms with Crippen LogP contribution in [0.4, 0.5) is 4.39 Å². The standard InChI is InChI=1S/C15H11ClFNO2/c1-19-15-5-2-10(6-11(15)8-18)9-20-12-3-4-14(17)13(16)7-12/h2-7H,9H2,1H3. The lowest BCUT2D eigenvalue weighted by Gasteiger charge is -2.08. The Morgan fingerprint density at radius 1 is 1.25 bits per heavy atom. The van der Waals surface area contributed by atoms with Crippen molar-refractivity contribution < 1.29 is 13.9 Å². The third-order valence-corrected chi connectivity index (χ3v) is 2.97. The fourth-order valence-corrected chi connectivity index (χ4v) is 1.84. The average Bonchev–Trinajstić information content (AvgIpc) is 2.48. The van der Waals surface area contributed by atoms with Crippen LogP contribution in [0.2, 0.25) is 5.02 Å². The van der Waals surface area contributed by atoms with Gasteiger partial charge in [-0.05, 0) is 29.8 Å². The molecule has 0 unspecified atom stereocenters. The summed E-state index contributed by atoms with van der Waals surface area (Å²) in [4.78, 5) is 0. The fraction of sp³-hybridized carbons (Fsp3) is 0.133. The minimum atomic E-state index is -0.491. The summed E-state index contributed by atoms with van der Waals surface area (Å²) in [5, 5.41) is 9.01. The Balaban J connectivity index is 2.11. The first kappa shape index (κ1) is 14.2. The number of nitrogens with zero attached hydrogens (tertiary/aromatic N) is 1. The molecule has 0 aliphatic rings. The first-order chi connectivity index (χ1) is 9.63. The number of hydrogen-bond donors (Lipinski definition) is 0. The Bertz CT molecular complexity index is 667. The van der Waals surface area contributed by atoms with Crippen LogP contribution >= 0.6 is 11.6 Å². The highest BCUT2D eigenvalue weighted by Gasteiger charge is 2.05. The predicted molar refractivity (Wildman–Crippen MR) is 73.5 cm³/mol. The van der Waals surface area contributed by atoms with Gasteiger partial charge in [0.15, 0.2) is 0 Å². The van der Waals surface area contributed by atoms with Crippen LogP contribution in [0.5, 0.6) is 11.5 Å². The number of rotatable bonds is 4. The quantitative estimate of drug-likeness (QED) is 0.857. The molecule has 0 aliphatic heterocycles. The first-order valence-electron chi connectivity index (χ1n) is 5.79. The maximum Gasteiger partial charge on any atom is 0.142 e. The Morgan fingerprint density at radius 2 is 2.05 bits per heavy atom. The second kappa shape index (κ2) is 6.27. The second-order valence-electron chi connectivity index (χ2n) is 4.01. The molecule has 0 N–H and O–H groups in total. The van der Waals surface area contributed by atoms with Gasteiger partial charge in [0.05, 0.1) is 17.7 Å². The molecule has 5 heteroatoms. The van der Waals surface area contributed by atoms with Crippen molar-refractivity contribution >= 4 is 11.6 Å². The van der Waals surface area contributed by atoms with Crippen molar-refractivity contribution in [3.8, 4) is 17.6 Å². The molecule has 3 nitrogen and oxygen atoms in total. The van der Waals surface area contributed by atoms with Crippen LogP contribution in [-0.2, 0) is 6.61 Å². The number of ether oxygens (including phenoxy) is 2. The average molecular weight is 292 g/mol. The van der Waals surface area contributed by atoms with E-state index in [9.17, 15) is 4.39 Å². The van der Waals surface area contributed by atoms with E-state index in [1.807, 2.05) is 0 Å². The van der Waals surface area contributed by atoms with E-state index >= 15 is 0 Å². The van der Waals surface area contributed by atoms with E-state index in [2.05, 4.69) is 6.07 Å². The summed E-state index contributed by atoms with van der Waals surface area (Å²) in [6.45, 7) is 0.251. The molecule has 0 fully saturated rings. The number of hydrogen-bond acceptors (Lipinski definition) is 3. The fourth-order valence-electron chi connectivity index (χ4n) is 1.67. The molecule has 0 saturated heterocycles. The largest absolute Gasteiger partial charge is 0.495 e. The maximum absolute atomic E-state index is 13.0. The molecule has 2 aromatic carbocycles. The SMILES string of the molecule is COc1ccc(COc2ccc(F)c(Cl)c2)cc1C#N. The van der Waals surface area contributed by atoms with Crippen LogP contribution in [0.15, 0.2) is 36.4 Å². The van der Waals surface area contributed by atoms with Gasteiger partial charge in [-0.1, -0.05) is 17.7 Å². The Hall–Kier alpha value is -2.25. The lowest BCUT2D eigenvalue weighted by Crippen LogP contribution is -1.97. The lowest BCUT2D eigenvalue weighted by molar-refractivity contribution is 0.305. The molecule has 0 heterocycles. The van der Waals surface area contributed by atoms with Gasteiger partial charge in [0, 0.05) is 6.07 Å². The molecular formula is C15H11ClFNO2. The minimum absolute atomic E-state index is 0.00921. The molecule has 0 saturated carbocycles. The van der Waals surface area contributed by atoms with E-state index in [-0.39, 0.29) is 11.6 Å². The van der Waals surface area contributed by atoms with Gasteiger partial charge in [-0.3, -0.25) is 0 Å². The highest BCUT2D eigenvalue weighted by Crippen LogP contribution is 2.23. The topological polar surface area (TPSA) is 42.2 Å². The van der Waals surface area contributed by atoms with Crippen molar-refractivity contribution in [2.45, 2.75) is 6.61 Å². The predicted octanol–water partition coefficient (Wildman–Crippen LogP) is 3.94. The van der Waals surface area contributed by atoms with Crippen LogP contribution in [-0.4, -0.2) is 7.11 Å². The molecule has 0 radical (unpaired) electrons. The van der Waals surface area contributed by atoms with Crippen molar-refractivity contribution in [3.63, 3.8) is 0 Å². The number of methoxy groups -OCH3 is 1. The highest BCUT2D eigenvalue weighted by atomic mass is 35.5. The maximum atomic E-state index is 13.0. The molecule has 2 rings (SSSR count). The van der Waals surface area contributed by atoms with Crippen molar-refractivity contribution in [1.29, 1.82) is 5.26 Å². The van der Waals surface area contributed by atoms with Gasteiger partial charge in [-0.2, -0.15) is 5.26 Å². The minimum Gasteiger partial charge on any atom is -0.495 e. The Kier molecular flexibility index (Phi) is 4.44. The van der Waals surface area contributed by atoms with Crippen LogP contribution in [0, 0.1) is 17.1 Å². The Labute approximate surface area is 121 Å². The summed E-state index contributed by atoms with van der Waals surface area (Å²) in [5.74, 6) is 0.488. The van der Waals surface area contributed by atoms with E-state index in [0.717, 1.165) is 5.56 Å². The second-order valence-corrected chi connectivity index (χ2v) is 4.42. The number of halogens is 2. The highest BCUT2D eigenvalue weighted by molar-refractivity contribution is 6.30. The summed E-state index contributed by atoms with van der Waals surface area (Å²) in [7, 11) is 1.51. The van der Waals surface area contributed by atoms with E-state index in [4.69, 9.17) is 26.3 Å². The molecule has 102 valence electrons. The van der Waals surface area contributed by atoms with Gasteiger partial charge in [0.25, 0.3) is 0 Å². The molecule has 2 aromatic rings. The number of benzene rings is 2. The van der Waals surface area contributed by atoms with E-state index in [1.54, 1.807) is 18.2 Å². The first-order valence-corrected chi connectivity index (χ1v) is 6.16. The zero-order chi connectivity index (χ0) is 14.5. The van der Waals surface area contributed by atoms with Gasteiger partial charge >= 0.3 is 0 Å². The number of nitriles is 1. The van der Waals surface area contributed by atoms with Crippen LogP contribution in [0.3, 0.4) is 0 Å². The van der Waals surface area contributed by atoms with Crippen molar-refractivity contribution in [2.75, 3.05) is 7.11 Å². The molecule has 0 bridgehead atoms. The Morgan fingerprint density at radius 3 is 2.70 bits per heavy atom. The van der Waals surface area contributed by atoms with Crippen LogP contribution < -0.4 is 9.47 Å². The van der Waals surface area contributed by atoms with Crippen molar-refractivity contribution in [3.05, 3.63) is 58.4 Å². The van der Waals surface area contributed by atoms with E-state index in [1.165, 1.54) is 25.3 Å². The van der Waals surface area contributed by atoms with Crippen LogP contribution in [0.1, 0.15) is 11.1 Å². The summed E-state index contributed by atoms with van der Waals surface area (Å²) < 4.78 is 23.6. The molecule has 0 aromatic heterocycles. The normalized spacial score (nSPS) is 9.90. The smallest absolute Gasteiger partial charge is 0.142 e. The lowest BCUT2D eigenvalue weighted by atomic mass is 10.1. The molecule has 0 amide bonds. The third-order valence-electron chi connectivity index (χ3n) is 2.68. The molecule has 20 heavy (non-hydrogen) atoms. The van der Waals surface area contributed by atoms with Crippen molar-refractivity contribution in [1.82, 2.24) is 0 Å². The van der Waals surface area contributed by atoms with Gasteiger partial charge in [0.1, 0.15) is 30.0 Å². The van der Waals surface area contributed by atoms with Gasteiger partial charge < -0.3 is 9.47 Å². The van der Waals surface area contributed by atoms with E-state index < -0.39 is 5.82 Å². The zero-order valence-electron chi connectivity index (χ0n) is 10.7. The van der Waals surface area contributed by atoms with Gasteiger partial charge in [0.2, 0.25) is 0 Å². The van der Waals surface area contributed by atoms with Crippen LogP contribution in [0.25, 0.3) is 0 Å².